The van der Waals surface area contributed by atoms with Crippen molar-refractivity contribution in [3.8, 4) is 5.75 Å². The number of hydrogen-bond donors (Lipinski definition) is 1. The number of benzene rings is 2. The lowest BCUT2D eigenvalue weighted by molar-refractivity contribution is -0.137. The van der Waals surface area contributed by atoms with E-state index in [1.54, 1.807) is 13.2 Å². The van der Waals surface area contributed by atoms with Crippen molar-refractivity contribution in [1.29, 1.82) is 0 Å². The number of methoxy groups -OCH3 is 1. The number of ketones is 1. The summed E-state index contributed by atoms with van der Waals surface area (Å²) in [5.41, 5.74) is 2.10. The molecule has 2 aromatic rings. The number of carbonyl (C=O) groups excluding carboxylic acids is 1. The normalized spacial score (nSPS) is 11.7. The highest BCUT2D eigenvalue weighted by Crippen LogP contribution is 2.20. The van der Waals surface area contributed by atoms with Crippen LogP contribution in [0.2, 0.25) is 0 Å². The molecule has 2 rings (SSSR count). The fraction of sp³-hybridized carbons (Fsp3) is 0.200. The minimum atomic E-state index is -3.93. The second-order valence-corrected chi connectivity index (χ2v) is 8.15. The highest BCUT2D eigenvalue weighted by molar-refractivity contribution is 7.89. The molecule has 0 fully saturated rings. The molecule has 0 unspecified atom stereocenters. The molecule has 0 bridgehead atoms. The maximum atomic E-state index is 12.3. The summed E-state index contributed by atoms with van der Waals surface area (Å²) < 4.78 is 30.5. The fourth-order valence-corrected chi connectivity index (χ4v) is 3.64. The van der Waals surface area contributed by atoms with Crippen molar-refractivity contribution in [1.82, 2.24) is 4.31 Å². The van der Waals surface area contributed by atoms with Crippen LogP contribution in [0.3, 0.4) is 0 Å². The lowest BCUT2D eigenvalue weighted by Crippen LogP contribution is -2.32. The van der Waals surface area contributed by atoms with Gasteiger partial charge in [-0.25, -0.2) is 8.42 Å². The number of allylic oxidation sites excluding steroid dienone is 1. The van der Waals surface area contributed by atoms with E-state index in [0.29, 0.717) is 5.56 Å². The van der Waals surface area contributed by atoms with Gasteiger partial charge >= 0.3 is 5.97 Å². The topological polar surface area (TPSA) is 101 Å². The number of rotatable bonds is 8. The summed E-state index contributed by atoms with van der Waals surface area (Å²) in [5.74, 6) is -0.777. The van der Waals surface area contributed by atoms with Gasteiger partial charge in [0.2, 0.25) is 10.0 Å². The molecule has 0 aliphatic carbocycles. The number of sulfonamides is 1. The molecule has 148 valence electrons. The Hall–Kier alpha value is -2.97. The van der Waals surface area contributed by atoms with E-state index in [1.807, 2.05) is 25.1 Å². The number of ether oxygens (including phenoxy) is 1. The van der Waals surface area contributed by atoms with Crippen LogP contribution < -0.4 is 4.74 Å². The number of carbonyl (C=O) groups is 2. The number of nitrogens with zero attached hydrogens (tertiary/aromatic N) is 1. The van der Waals surface area contributed by atoms with Gasteiger partial charge in [-0.3, -0.25) is 9.59 Å². The highest BCUT2D eigenvalue weighted by Gasteiger charge is 2.22. The zero-order valence-electron chi connectivity index (χ0n) is 15.7. The molecule has 0 aliphatic rings. The summed E-state index contributed by atoms with van der Waals surface area (Å²) in [6.07, 6.45) is 3.07. The van der Waals surface area contributed by atoms with Gasteiger partial charge in [0.25, 0.3) is 0 Å². The van der Waals surface area contributed by atoms with Crippen LogP contribution in [0, 0.1) is 6.92 Å². The van der Waals surface area contributed by atoms with E-state index in [9.17, 15) is 18.0 Å². The largest absolute Gasteiger partial charge is 0.496 e. The van der Waals surface area contributed by atoms with Crippen molar-refractivity contribution in [2.45, 2.75) is 11.8 Å². The molecule has 0 radical (unpaired) electrons. The van der Waals surface area contributed by atoms with Crippen LogP contribution in [0.1, 0.15) is 21.5 Å². The molecule has 0 aliphatic heterocycles. The molecule has 1 N–H and O–H groups in total. The van der Waals surface area contributed by atoms with Crippen molar-refractivity contribution in [3.05, 3.63) is 65.2 Å². The molecule has 0 spiro atoms. The second-order valence-electron chi connectivity index (χ2n) is 6.11. The van der Waals surface area contributed by atoms with Crippen LogP contribution in [0.4, 0.5) is 0 Å². The standard InChI is InChI=1S/C20H21NO6S/c1-14-12-15(5-11-19(14)27-3)4-10-18(22)16-6-8-17(9-7-16)28(25,26)21(2)13-20(23)24/h4-12H,13H2,1-3H3,(H,23,24)/b10-4+. The summed E-state index contributed by atoms with van der Waals surface area (Å²) in [7, 11) is -1.16. The molecule has 0 saturated heterocycles. The van der Waals surface area contributed by atoms with Gasteiger partial charge in [0, 0.05) is 12.6 Å². The zero-order valence-corrected chi connectivity index (χ0v) is 16.6. The van der Waals surface area contributed by atoms with Gasteiger partial charge in [-0.05, 0) is 60.5 Å². The number of likely N-dealkylation sites (N-methyl/N-ethyl adjacent to an activating group) is 1. The molecule has 0 amide bonds. The first kappa shape index (κ1) is 21.3. The first-order valence-corrected chi connectivity index (χ1v) is 9.74. The molecule has 0 atom stereocenters. The van der Waals surface area contributed by atoms with Crippen molar-refractivity contribution in [2.75, 3.05) is 20.7 Å². The number of hydrogen-bond acceptors (Lipinski definition) is 5. The Morgan fingerprint density at radius 1 is 1.14 bits per heavy atom. The van der Waals surface area contributed by atoms with E-state index in [4.69, 9.17) is 9.84 Å². The molecule has 8 heteroatoms. The van der Waals surface area contributed by atoms with Gasteiger partial charge in [0.1, 0.15) is 12.3 Å². The molecule has 2 aromatic carbocycles. The lowest BCUT2D eigenvalue weighted by atomic mass is 10.1. The first-order valence-electron chi connectivity index (χ1n) is 8.30. The van der Waals surface area contributed by atoms with Gasteiger partial charge in [0.15, 0.2) is 5.78 Å². The quantitative estimate of drug-likeness (QED) is 0.537. The molecule has 0 aromatic heterocycles. The average Bonchev–Trinajstić information content (AvgIpc) is 2.65. The van der Waals surface area contributed by atoms with Crippen LogP contribution in [-0.2, 0) is 14.8 Å². The third-order valence-electron chi connectivity index (χ3n) is 4.05. The van der Waals surface area contributed by atoms with Crippen molar-refractivity contribution < 1.29 is 27.9 Å². The van der Waals surface area contributed by atoms with E-state index < -0.39 is 22.5 Å². The maximum absolute atomic E-state index is 12.3. The van der Waals surface area contributed by atoms with Crippen LogP contribution in [0.25, 0.3) is 6.08 Å². The Morgan fingerprint density at radius 3 is 2.32 bits per heavy atom. The van der Waals surface area contributed by atoms with Gasteiger partial charge in [-0.15, -0.1) is 0 Å². The Morgan fingerprint density at radius 2 is 1.79 bits per heavy atom. The number of aryl methyl sites for hydroxylation is 1. The van der Waals surface area contributed by atoms with Crippen LogP contribution >= 0.6 is 0 Å². The number of aliphatic carboxylic acids is 1. The summed E-state index contributed by atoms with van der Waals surface area (Å²) >= 11 is 0. The summed E-state index contributed by atoms with van der Waals surface area (Å²) in [6, 6.07) is 10.9. The van der Waals surface area contributed by atoms with Gasteiger partial charge < -0.3 is 9.84 Å². The minimum absolute atomic E-state index is 0.0810. The van der Waals surface area contributed by atoms with Crippen molar-refractivity contribution in [2.24, 2.45) is 0 Å². The summed E-state index contributed by atoms with van der Waals surface area (Å²) in [4.78, 5) is 22.9. The third kappa shape index (κ3) is 5.05. The third-order valence-corrected chi connectivity index (χ3v) is 5.87. The van der Waals surface area contributed by atoms with Gasteiger partial charge in [0.05, 0.1) is 12.0 Å². The van der Waals surface area contributed by atoms with Crippen molar-refractivity contribution in [3.63, 3.8) is 0 Å². The van der Waals surface area contributed by atoms with Crippen molar-refractivity contribution >= 4 is 27.9 Å². The monoisotopic (exact) mass is 403 g/mol. The molecule has 0 saturated carbocycles. The van der Waals surface area contributed by atoms with Gasteiger partial charge in [-0.1, -0.05) is 12.1 Å². The van der Waals surface area contributed by atoms with E-state index in [0.717, 1.165) is 21.2 Å². The fourth-order valence-electron chi connectivity index (χ4n) is 2.52. The SMILES string of the molecule is COc1ccc(/C=C/C(=O)c2ccc(S(=O)(=O)N(C)CC(=O)O)cc2)cc1C. The second kappa shape index (κ2) is 8.81. The molecule has 0 heterocycles. The summed E-state index contributed by atoms with van der Waals surface area (Å²) in [5, 5.41) is 8.75. The molecular formula is C20H21NO6S. The number of carboxylic acid groups (broad SMARTS) is 1. The summed E-state index contributed by atoms with van der Waals surface area (Å²) in [6.45, 7) is 1.26. The predicted molar refractivity (Wildman–Crippen MR) is 105 cm³/mol. The Labute approximate surface area is 163 Å². The molecule has 7 nitrogen and oxygen atoms in total. The van der Waals surface area contributed by atoms with Crippen LogP contribution in [0.5, 0.6) is 5.75 Å². The predicted octanol–water partition coefficient (Wildman–Crippen LogP) is 2.60. The van der Waals surface area contributed by atoms with E-state index in [1.165, 1.54) is 37.4 Å². The minimum Gasteiger partial charge on any atom is -0.496 e. The highest BCUT2D eigenvalue weighted by atomic mass is 32.2. The number of carboxylic acids is 1. The van der Waals surface area contributed by atoms with E-state index >= 15 is 0 Å². The smallest absolute Gasteiger partial charge is 0.318 e. The molecule has 28 heavy (non-hydrogen) atoms. The lowest BCUT2D eigenvalue weighted by Gasteiger charge is -2.14. The maximum Gasteiger partial charge on any atom is 0.318 e. The Kier molecular flexibility index (Phi) is 6.71. The Bertz CT molecular complexity index is 1010. The average molecular weight is 403 g/mol. The Balaban J connectivity index is 2.15. The van der Waals surface area contributed by atoms with E-state index in [-0.39, 0.29) is 10.7 Å². The first-order chi connectivity index (χ1) is 13.1. The van der Waals surface area contributed by atoms with Gasteiger partial charge in [-0.2, -0.15) is 4.31 Å². The van der Waals surface area contributed by atoms with Crippen LogP contribution in [-0.4, -0.2) is 50.3 Å². The molecular weight excluding hydrogens is 382 g/mol. The van der Waals surface area contributed by atoms with E-state index in [2.05, 4.69) is 0 Å². The zero-order chi connectivity index (χ0) is 20.9. The van der Waals surface area contributed by atoms with Crippen LogP contribution in [0.15, 0.2) is 53.4 Å².